The van der Waals surface area contributed by atoms with Gasteiger partial charge in [0, 0.05) is 46.1 Å². The monoisotopic (exact) mass is 767 g/mol. The Balaban J connectivity index is 0.000000944. The van der Waals surface area contributed by atoms with E-state index in [9.17, 15) is 36.0 Å². The highest BCUT2D eigenvalue weighted by molar-refractivity contribution is 7.92. The van der Waals surface area contributed by atoms with Crippen molar-refractivity contribution in [2.24, 2.45) is 5.73 Å². The number of thiophene rings is 1. The molecule has 13 nitrogen and oxygen atoms in total. The number of hydrogen-bond donors (Lipinski definition) is 5. The van der Waals surface area contributed by atoms with Crippen LogP contribution in [0.1, 0.15) is 63.5 Å². The third-order valence-electron chi connectivity index (χ3n) is 7.59. The summed E-state index contributed by atoms with van der Waals surface area (Å²) in [6.45, 7) is 4.82. The molecule has 0 radical (unpaired) electrons. The number of nitrogen functional groups attached to an aromatic ring is 1. The number of nitrogens with zero attached hydrogens (tertiary/aromatic N) is 1. The molecule has 0 saturated carbocycles. The number of sulfonamides is 1. The quantitative estimate of drug-likeness (QED) is 0.0902. The van der Waals surface area contributed by atoms with Crippen LogP contribution in [-0.2, 0) is 55.0 Å². The molecule has 1 aromatic heterocycles. The van der Waals surface area contributed by atoms with Gasteiger partial charge in [0.15, 0.2) is 0 Å². The number of ether oxygens (including phenoxy) is 1. The van der Waals surface area contributed by atoms with Crippen LogP contribution in [0.25, 0.3) is 0 Å². The number of fused-ring (bicyclic) bond motifs is 1. The Labute approximate surface area is 302 Å². The molecule has 3 aromatic rings. The number of benzene rings is 2. The summed E-state index contributed by atoms with van der Waals surface area (Å²) >= 11 is 1.55. The second-order valence-corrected chi connectivity index (χ2v) is 14.7. The van der Waals surface area contributed by atoms with Crippen LogP contribution >= 0.6 is 11.3 Å². The summed E-state index contributed by atoms with van der Waals surface area (Å²) in [4.78, 5) is 51.8. The van der Waals surface area contributed by atoms with Gasteiger partial charge in [-0.25, -0.2) is 13.2 Å². The smallest absolute Gasteiger partial charge is 0.475 e. The number of alkyl halides is 3. The zero-order valence-corrected chi connectivity index (χ0v) is 30.1. The largest absolute Gasteiger partial charge is 0.490 e. The molecule has 0 saturated heterocycles. The lowest BCUT2D eigenvalue weighted by Crippen LogP contribution is -2.50. The highest BCUT2D eigenvalue weighted by Crippen LogP contribution is 2.29. The van der Waals surface area contributed by atoms with Crippen LogP contribution in [-0.4, -0.2) is 79.1 Å². The van der Waals surface area contributed by atoms with Gasteiger partial charge in [0.05, 0.1) is 18.8 Å². The number of carbonyl (C=O) groups excluding carboxylic acids is 3. The van der Waals surface area contributed by atoms with Crippen molar-refractivity contribution in [1.82, 2.24) is 10.2 Å². The van der Waals surface area contributed by atoms with Crippen molar-refractivity contribution in [3.8, 4) is 0 Å². The molecule has 2 amide bonds. The van der Waals surface area contributed by atoms with Crippen LogP contribution in [0, 0.1) is 5.41 Å². The number of esters is 1. The fourth-order valence-electron chi connectivity index (χ4n) is 5.00. The molecule has 1 aliphatic heterocycles. The Morgan fingerprint density at radius 3 is 2.23 bits per heavy atom. The normalized spacial score (nSPS) is 13.1. The van der Waals surface area contributed by atoms with E-state index in [2.05, 4.69) is 10.0 Å². The molecule has 4 rings (SSSR count). The molecule has 282 valence electrons. The number of halogens is 3. The van der Waals surface area contributed by atoms with E-state index in [0.717, 1.165) is 27.3 Å². The number of unbranched alkanes of at least 4 members (excludes halogenated alkanes) is 1. The van der Waals surface area contributed by atoms with E-state index < -0.39 is 34.1 Å². The molecule has 6 N–H and O–H groups in total. The number of rotatable bonds is 14. The van der Waals surface area contributed by atoms with E-state index in [1.807, 2.05) is 13.0 Å². The minimum Gasteiger partial charge on any atom is -0.475 e. The van der Waals surface area contributed by atoms with Gasteiger partial charge in [-0.3, -0.25) is 24.5 Å². The maximum Gasteiger partial charge on any atom is 0.490 e. The Morgan fingerprint density at radius 2 is 1.67 bits per heavy atom. The van der Waals surface area contributed by atoms with Crippen molar-refractivity contribution in [3.05, 3.63) is 86.6 Å². The zero-order chi connectivity index (χ0) is 38.6. The fraction of sp³-hybridized carbons (Fsp3) is 0.382. The molecule has 2 heterocycles. The minimum atomic E-state index is -5.08. The maximum atomic E-state index is 14.0. The molecule has 0 bridgehead atoms. The van der Waals surface area contributed by atoms with Crippen LogP contribution in [0.2, 0.25) is 0 Å². The van der Waals surface area contributed by atoms with Crippen LogP contribution < -0.4 is 15.8 Å². The third kappa shape index (κ3) is 12.7. The van der Waals surface area contributed by atoms with Crippen molar-refractivity contribution in [2.45, 2.75) is 64.7 Å². The van der Waals surface area contributed by atoms with Crippen molar-refractivity contribution < 1.29 is 50.6 Å². The van der Waals surface area contributed by atoms with Gasteiger partial charge in [-0.15, -0.1) is 11.3 Å². The van der Waals surface area contributed by atoms with E-state index in [1.54, 1.807) is 71.7 Å². The van der Waals surface area contributed by atoms with E-state index in [4.69, 9.17) is 25.8 Å². The summed E-state index contributed by atoms with van der Waals surface area (Å²) in [5.41, 5.74) is 8.47. The van der Waals surface area contributed by atoms with Gasteiger partial charge in [-0.2, -0.15) is 13.2 Å². The lowest BCUT2D eigenvalue weighted by molar-refractivity contribution is -0.192. The van der Waals surface area contributed by atoms with Crippen molar-refractivity contribution in [3.63, 3.8) is 0 Å². The highest BCUT2D eigenvalue weighted by atomic mass is 32.2. The molecule has 1 atom stereocenters. The molecule has 0 unspecified atom stereocenters. The lowest BCUT2D eigenvalue weighted by atomic mass is 10.0. The number of hydrogen-bond acceptors (Lipinski definition) is 9. The predicted octanol–water partition coefficient (Wildman–Crippen LogP) is 4.24. The topological polar surface area (TPSA) is 209 Å². The van der Waals surface area contributed by atoms with Gasteiger partial charge in [0.1, 0.15) is 11.9 Å². The first-order valence-corrected chi connectivity index (χ1v) is 18.6. The van der Waals surface area contributed by atoms with Crippen molar-refractivity contribution in [2.75, 3.05) is 23.6 Å². The van der Waals surface area contributed by atoms with E-state index in [0.29, 0.717) is 49.4 Å². The Morgan fingerprint density at radius 1 is 1.06 bits per heavy atom. The number of amidine groups is 1. The average Bonchev–Trinajstić information content (AvgIpc) is 3.48. The Hall–Kier alpha value is -4.97. The van der Waals surface area contributed by atoms with E-state index >= 15 is 0 Å². The first-order valence-electron chi connectivity index (χ1n) is 16.1. The number of anilines is 1. The molecule has 18 heteroatoms. The summed E-state index contributed by atoms with van der Waals surface area (Å²) in [6, 6.07) is 14.1. The SMILES string of the molecule is CCCCS(=O)(=O)Nc1ccc(C[C@H](NC(=O)c2ccc(C(=N)N)cc2)C(=O)N2CCc3sc(CC(=O)OCC)cc3C2)cc1.O=C(O)C(F)(F)F. The van der Waals surface area contributed by atoms with Gasteiger partial charge in [0.25, 0.3) is 5.91 Å². The lowest BCUT2D eigenvalue weighted by Gasteiger charge is -2.31. The number of amides is 2. The first kappa shape index (κ1) is 41.5. The molecule has 2 aromatic carbocycles. The predicted molar refractivity (Wildman–Crippen MR) is 189 cm³/mol. The number of nitrogens with one attached hydrogen (secondary N) is 3. The second-order valence-electron chi connectivity index (χ2n) is 11.6. The van der Waals surface area contributed by atoms with Crippen molar-refractivity contribution >= 4 is 56.6 Å². The number of carboxylic acid groups (broad SMARTS) is 1. The van der Waals surface area contributed by atoms with Crippen LogP contribution in [0.3, 0.4) is 0 Å². The van der Waals surface area contributed by atoms with E-state index in [-0.39, 0.29) is 36.3 Å². The van der Waals surface area contributed by atoms with Crippen LogP contribution in [0.15, 0.2) is 54.6 Å². The second kappa shape index (κ2) is 18.5. The summed E-state index contributed by atoms with van der Waals surface area (Å²) in [6.07, 6.45) is -2.76. The summed E-state index contributed by atoms with van der Waals surface area (Å²) < 4.78 is 64.0. The zero-order valence-electron chi connectivity index (χ0n) is 28.4. The molecule has 0 aliphatic carbocycles. The summed E-state index contributed by atoms with van der Waals surface area (Å²) in [5.74, 6) is -3.83. The first-order chi connectivity index (χ1) is 24.4. The van der Waals surface area contributed by atoms with Crippen LogP contribution in [0.4, 0.5) is 18.9 Å². The highest BCUT2D eigenvalue weighted by Gasteiger charge is 2.38. The standard InChI is InChI=1S/C32H39N5O6S2.C2HF3O2/c1-3-5-16-45(41,42)36-25-12-6-21(7-13-25)17-27(35-31(39)23-10-8-22(9-11-23)30(33)34)32(40)37-15-14-28-24(20-37)18-26(44-28)19-29(38)43-4-2;3-2(4,5)1(6)7/h6-13,18,27,36H,3-5,14-17,19-20H2,1-2H3,(H3,33,34)(H,35,39);(H,6,7)/t27-;/m0./s1. The third-order valence-corrected chi connectivity index (χ3v) is 10.2. The van der Waals surface area contributed by atoms with Gasteiger partial charge in [0.2, 0.25) is 15.9 Å². The van der Waals surface area contributed by atoms with Gasteiger partial charge >= 0.3 is 18.1 Å². The summed E-state index contributed by atoms with van der Waals surface area (Å²) in [5, 5.41) is 17.6. The molecule has 0 fully saturated rings. The molecular weight excluding hydrogens is 728 g/mol. The minimum absolute atomic E-state index is 0.0350. The van der Waals surface area contributed by atoms with Gasteiger partial charge in [-0.1, -0.05) is 37.6 Å². The number of carbonyl (C=O) groups is 4. The number of carboxylic acids is 1. The fourth-order valence-corrected chi connectivity index (χ4v) is 7.42. The van der Waals surface area contributed by atoms with Gasteiger partial charge < -0.3 is 25.8 Å². The van der Waals surface area contributed by atoms with E-state index in [1.165, 1.54) is 0 Å². The van der Waals surface area contributed by atoms with Gasteiger partial charge in [-0.05, 0) is 61.2 Å². The Bertz CT molecular complexity index is 1850. The number of aliphatic carboxylic acids is 1. The maximum absolute atomic E-state index is 14.0. The van der Waals surface area contributed by atoms with Crippen molar-refractivity contribution in [1.29, 1.82) is 5.41 Å². The average molecular weight is 768 g/mol. The molecule has 52 heavy (non-hydrogen) atoms. The molecule has 1 aliphatic rings. The number of nitrogens with two attached hydrogens (primary N) is 1. The Kier molecular flexibility index (Phi) is 14.7. The molecular formula is C34H40F3N5O8S2. The summed E-state index contributed by atoms with van der Waals surface area (Å²) in [7, 11) is -3.46. The van der Waals surface area contributed by atoms with Crippen LogP contribution in [0.5, 0.6) is 0 Å². The molecule has 0 spiro atoms.